The number of aliphatic hydroxyl groups excluding tert-OH is 1. The Morgan fingerprint density at radius 3 is 2.76 bits per heavy atom. The van der Waals surface area contributed by atoms with Crippen molar-refractivity contribution in [1.29, 1.82) is 0 Å². The van der Waals surface area contributed by atoms with E-state index in [9.17, 15) is 9.90 Å². The first-order valence-electron chi connectivity index (χ1n) is 6.83. The highest BCUT2D eigenvalue weighted by Gasteiger charge is 2.12. The minimum Gasteiger partial charge on any atom is -0.386 e. The first-order valence-corrected chi connectivity index (χ1v) is 8.70. The molecule has 2 N–H and O–H groups in total. The number of rotatable bonds is 7. The molecule has 2 aromatic rings. The summed E-state index contributed by atoms with van der Waals surface area (Å²) in [6.45, 7) is 2.24. The summed E-state index contributed by atoms with van der Waals surface area (Å²) in [7, 11) is 0. The maximum Gasteiger partial charge on any atom is 0.220 e. The standard InChI is InChI=1S/C16H19NO2S2/c1-12-7-9-21-16(12)14(18)11-17-15(19)8-10-20-13-5-3-2-4-6-13/h2-7,9,14,18H,8,10-11H2,1H3,(H,17,19)/t14-/m0/s1. The van der Waals surface area contributed by atoms with Crippen molar-refractivity contribution in [2.75, 3.05) is 12.3 Å². The summed E-state index contributed by atoms with van der Waals surface area (Å²) in [5.41, 5.74) is 1.07. The number of carbonyl (C=O) groups is 1. The number of thioether (sulfide) groups is 1. The van der Waals surface area contributed by atoms with Gasteiger partial charge in [0.1, 0.15) is 6.10 Å². The van der Waals surface area contributed by atoms with Crippen LogP contribution in [-0.4, -0.2) is 23.3 Å². The van der Waals surface area contributed by atoms with Crippen LogP contribution in [0.4, 0.5) is 0 Å². The van der Waals surface area contributed by atoms with Crippen molar-refractivity contribution >= 4 is 29.0 Å². The number of aryl methyl sites for hydroxylation is 1. The van der Waals surface area contributed by atoms with Gasteiger partial charge >= 0.3 is 0 Å². The molecule has 0 saturated heterocycles. The Labute approximate surface area is 133 Å². The molecule has 1 aromatic heterocycles. The molecule has 0 saturated carbocycles. The molecule has 0 aliphatic heterocycles. The molecule has 21 heavy (non-hydrogen) atoms. The molecule has 0 spiro atoms. The lowest BCUT2D eigenvalue weighted by atomic mass is 10.2. The van der Waals surface area contributed by atoms with Crippen LogP contribution in [0.5, 0.6) is 0 Å². The molecule has 1 amide bonds. The highest BCUT2D eigenvalue weighted by Crippen LogP contribution is 2.23. The lowest BCUT2D eigenvalue weighted by Gasteiger charge is -2.11. The van der Waals surface area contributed by atoms with Gasteiger partial charge < -0.3 is 10.4 Å². The Morgan fingerprint density at radius 2 is 2.10 bits per heavy atom. The molecule has 1 atom stereocenters. The van der Waals surface area contributed by atoms with E-state index in [0.717, 1.165) is 16.2 Å². The SMILES string of the molecule is Cc1ccsc1[C@@H](O)CNC(=O)CCSc1ccccc1. The molecule has 1 heterocycles. The molecule has 0 radical (unpaired) electrons. The second-order valence-electron chi connectivity index (χ2n) is 4.70. The third kappa shape index (κ3) is 5.19. The van der Waals surface area contributed by atoms with E-state index < -0.39 is 6.10 Å². The molecular formula is C16H19NO2S2. The molecule has 0 unspecified atom stereocenters. The monoisotopic (exact) mass is 321 g/mol. The van der Waals surface area contributed by atoms with Crippen LogP contribution in [0.15, 0.2) is 46.7 Å². The molecule has 0 aliphatic rings. The van der Waals surface area contributed by atoms with Gasteiger partial charge in [0, 0.05) is 28.5 Å². The van der Waals surface area contributed by atoms with Gasteiger partial charge in [-0.15, -0.1) is 23.1 Å². The van der Waals surface area contributed by atoms with Crippen LogP contribution in [-0.2, 0) is 4.79 Å². The van der Waals surface area contributed by atoms with Crippen LogP contribution < -0.4 is 5.32 Å². The second kappa shape index (κ2) is 8.22. The Bertz CT molecular complexity index is 569. The van der Waals surface area contributed by atoms with Crippen molar-refractivity contribution < 1.29 is 9.90 Å². The smallest absolute Gasteiger partial charge is 0.220 e. The largest absolute Gasteiger partial charge is 0.386 e. The molecule has 0 fully saturated rings. The van der Waals surface area contributed by atoms with Gasteiger partial charge in [-0.3, -0.25) is 4.79 Å². The van der Waals surface area contributed by atoms with Gasteiger partial charge in [0.2, 0.25) is 5.91 Å². The number of aliphatic hydroxyl groups is 1. The summed E-state index contributed by atoms with van der Waals surface area (Å²) in [6.07, 6.45) is -0.161. The van der Waals surface area contributed by atoms with Crippen LogP contribution >= 0.6 is 23.1 Å². The summed E-state index contributed by atoms with van der Waals surface area (Å²) in [6, 6.07) is 12.0. The third-order valence-corrected chi connectivity index (χ3v) is 5.17. The van der Waals surface area contributed by atoms with E-state index in [0.29, 0.717) is 6.42 Å². The minimum atomic E-state index is -0.615. The van der Waals surface area contributed by atoms with Crippen LogP contribution in [0.25, 0.3) is 0 Å². The molecule has 0 bridgehead atoms. The topological polar surface area (TPSA) is 49.3 Å². The quantitative estimate of drug-likeness (QED) is 0.769. The number of thiophene rings is 1. The van der Waals surface area contributed by atoms with Gasteiger partial charge in [-0.05, 0) is 36.1 Å². The fraction of sp³-hybridized carbons (Fsp3) is 0.312. The summed E-state index contributed by atoms with van der Waals surface area (Å²) < 4.78 is 0. The maximum absolute atomic E-state index is 11.8. The first-order chi connectivity index (χ1) is 10.2. The van der Waals surface area contributed by atoms with Crippen molar-refractivity contribution in [3.8, 4) is 0 Å². The fourth-order valence-electron chi connectivity index (χ4n) is 1.90. The first kappa shape index (κ1) is 16.1. The molecule has 5 heteroatoms. The summed E-state index contributed by atoms with van der Waals surface area (Å²) >= 11 is 3.18. The van der Waals surface area contributed by atoms with Crippen molar-refractivity contribution in [1.82, 2.24) is 5.32 Å². The van der Waals surface area contributed by atoms with E-state index in [-0.39, 0.29) is 12.5 Å². The third-order valence-electron chi connectivity index (χ3n) is 3.04. The van der Waals surface area contributed by atoms with E-state index in [1.165, 1.54) is 16.2 Å². The van der Waals surface area contributed by atoms with Crippen LogP contribution in [0, 0.1) is 6.92 Å². The summed E-state index contributed by atoms with van der Waals surface area (Å²) in [5, 5.41) is 14.8. The number of benzene rings is 1. The molecule has 2 rings (SSSR count). The van der Waals surface area contributed by atoms with E-state index >= 15 is 0 Å². The normalized spacial score (nSPS) is 12.1. The lowest BCUT2D eigenvalue weighted by molar-refractivity contribution is -0.121. The Balaban J connectivity index is 1.67. The molecular weight excluding hydrogens is 302 g/mol. The Hall–Kier alpha value is -1.30. The second-order valence-corrected chi connectivity index (χ2v) is 6.82. The van der Waals surface area contributed by atoms with Crippen LogP contribution in [0.2, 0.25) is 0 Å². The van der Waals surface area contributed by atoms with Crippen molar-refractivity contribution in [3.05, 3.63) is 52.2 Å². The predicted molar refractivity (Wildman–Crippen MR) is 88.8 cm³/mol. The van der Waals surface area contributed by atoms with Gasteiger partial charge in [-0.25, -0.2) is 0 Å². The fourth-order valence-corrected chi connectivity index (χ4v) is 3.68. The van der Waals surface area contributed by atoms with Gasteiger partial charge in [-0.2, -0.15) is 0 Å². The summed E-state index contributed by atoms with van der Waals surface area (Å²) in [5.74, 6) is 0.718. The van der Waals surface area contributed by atoms with Gasteiger partial charge in [-0.1, -0.05) is 18.2 Å². The van der Waals surface area contributed by atoms with Crippen LogP contribution in [0.3, 0.4) is 0 Å². The van der Waals surface area contributed by atoms with Crippen molar-refractivity contribution in [2.24, 2.45) is 0 Å². The Kier molecular flexibility index (Phi) is 6.29. The lowest BCUT2D eigenvalue weighted by Crippen LogP contribution is -2.28. The van der Waals surface area contributed by atoms with E-state index in [1.54, 1.807) is 11.8 Å². The zero-order chi connectivity index (χ0) is 15.1. The summed E-state index contributed by atoms with van der Waals surface area (Å²) in [4.78, 5) is 13.9. The predicted octanol–water partition coefficient (Wildman–Crippen LogP) is 3.39. The van der Waals surface area contributed by atoms with Crippen molar-refractivity contribution in [3.63, 3.8) is 0 Å². The molecule has 3 nitrogen and oxygen atoms in total. The van der Waals surface area contributed by atoms with Gasteiger partial charge in [0.25, 0.3) is 0 Å². The van der Waals surface area contributed by atoms with E-state index in [4.69, 9.17) is 0 Å². The van der Waals surface area contributed by atoms with Crippen LogP contribution in [0.1, 0.15) is 23.0 Å². The zero-order valence-corrected chi connectivity index (χ0v) is 13.5. The molecule has 0 aliphatic carbocycles. The van der Waals surface area contributed by atoms with Gasteiger partial charge in [0.05, 0.1) is 0 Å². The highest BCUT2D eigenvalue weighted by molar-refractivity contribution is 7.99. The molecule has 1 aromatic carbocycles. The average Bonchev–Trinajstić information content (AvgIpc) is 2.92. The highest BCUT2D eigenvalue weighted by atomic mass is 32.2. The number of nitrogens with one attached hydrogen (secondary N) is 1. The minimum absolute atomic E-state index is 0.0216. The number of hydrogen-bond donors (Lipinski definition) is 2. The maximum atomic E-state index is 11.8. The van der Waals surface area contributed by atoms with Crippen molar-refractivity contribution in [2.45, 2.75) is 24.3 Å². The number of amides is 1. The van der Waals surface area contributed by atoms with Gasteiger partial charge in [0.15, 0.2) is 0 Å². The average molecular weight is 321 g/mol. The van der Waals surface area contributed by atoms with E-state index in [1.807, 2.05) is 48.7 Å². The molecule has 112 valence electrons. The Morgan fingerprint density at radius 1 is 1.33 bits per heavy atom. The zero-order valence-electron chi connectivity index (χ0n) is 11.9. The number of hydrogen-bond acceptors (Lipinski definition) is 4. The van der Waals surface area contributed by atoms with E-state index in [2.05, 4.69) is 5.32 Å². The number of carbonyl (C=O) groups excluding carboxylic acids is 1.